The third-order valence-corrected chi connectivity index (χ3v) is 3.98. The molecule has 6 heteroatoms. The smallest absolute Gasteiger partial charge is 0.276 e. The zero-order valence-electron chi connectivity index (χ0n) is 12.1. The molecule has 0 atom stereocenters. The molecule has 0 bridgehead atoms. The number of hydrogen-bond acceptors (Lipinski definition) is 3. The van der Waals surface area contributed by atoms with Gasteiger partial charge >= 0.3 is 0 Å². The molecule has 1 fully saturated rings. The molecule has 1 aromatic carbocycles. The SMILES string of the molecule is C=CCN1C(=O)C(=Cc2ccc(-c3ccccc3Cl)o2)NC1=S. The zero-order chi connectivity index (χ0) is 16.4. The van der Waals surface area contributed by atoms with Crippen molar-refractivity contribution in [3.8, 4) is 11.3 Å². The van der Waals surface area contributed by atoms with E-state index >= 15 is 0 Å². The highest BCUT2D eigenvalue weighted by Gasteiger charge is 2.29. The van der Waals surface area contributed by atoms with Crippen molar-refractivity contribution in [3.05, 3.63) is 65.5 Å². The van der Waals surface area contributed by atoms with E-state index in [2.05, 4.69) is 11.9 Å². The fourth-order valence-electron chi connectivity index (χ4n) is 2.24. The van der Waals surface area contributed by atoms with E-state index in [-0.39, 0.29) is 5.91 Å². The minimum absolute atomic E-state index is 0.203. The summed E-state index contributed by atoms with van der Waals surface area (Å²) in [4.78, 5) is 13.7. The third kappa shape index (κ3) is 3.06. The van der Waals surface area contributed by atoms with Gasteiger partial charge in [-0.25, -0.2) is 0 Å². The third-order valence-electron chi connectivity index (χ3n) is 3.33. The van der Waals surface area contributed by atoms with E-state index in [1.807, 2.05) is 24.3 Å². The molecular formula is C17H13ClN2O2S. The highest BCUT2D eigenvalue weighted by Crippen LogP contribution is 2.29. The Hall–Kier alpha value is -2.37. The number of nitrogens with one attached hydrogen (secondary N) is 1. The Morgan fingerprint density at radius 3 is 2.83 bits per heavy atom. The molecule has 2 aromatic rings. The predicted octanol–water partition coefficient (Wildman–Crippen LogP) is 3.84. The van der Waals surface area contributed by atoms with Crippen molar-refractivity contribution in [2.45, 2.75) is 0 Å². The highest BCUT2D eigenvalue weighted by molar-refractivity contribution is 7.80. The van der Waals surface area contributed by atoms with Crippen molar-refractivity contribution in [2.75, 3.05) is 6.54 Å². The van der Waals surface area contributed by atoms with Crippen LogP contribution < -0.4 is 5.32 Å². The van der Waals surface area contributed by atoms with Gasteiger partial charge in [0, 0.05) is 18.2 Å². The lowest BCUT2D eigenvalue weighted by Crippen LogP contribution is -2.30. The summed E-state index contributed by atoms with van der Waals surface area (Å²) in [5, 5.41) is 3.85. The Kier molecular flexibility index (Phi) is 4.32. The lowest BCUT2D eigenvalue weighted by molar-refractivity contribution is -0.122. The Morgan fingerprint density at radius 2 is 2.09 bits per heavy atom. The first kappa shape index (κ1) is 15.5. The summed E-state index contributed by atoms with van der Waals surface area (Å²) in [6, 6.07) is 11.0. The fourth-order valence-corrected chi connectivity index (χ4v) is 2.74. The van der Waals surface area contributed by atoms with Crippen molar-refractivity contribution in [1.29, 1.82) is 0 Å². The molecule has 23 heavy (non-hydrogen) atoms. The summed E-state index contributed by atoms with van der Waals surface area (Å²) >= 11 is 11.3. The van der Waals surface area contributed by atoms with E-state index in [1.54, 1.807) is 24.3 Å². The molecular weight excluding hydrogens is 332 g/mol. The van der Waals surface area contributed by atoms with Crippen LogP contribution in [0.3, 0.4) is 0 Å². The van der Waals surface area contributed by atoms with Crippen LogP contribution in [-0.2, 0) is 4.79 Å². The van der Waals surface area contributed by atoms with Crippen LogP contribution in [0.2, 0.25) is 5.02 Å². The summed E-state index contributed by atoms with van der Waals surface area (Å²) in [5.74, 6) is 0.975. The van der Waals surface area contributed by atoms with Gasteiger partial charge in [-0.05, 0) is 36.5 Å². The maximum atomic E-state index is 12.2. The molecule has 2 heterocycles. The van der Waals surface area contributed by atoms with Crippen LogP contribution in [0.15, 0.2) is 59.2 Å². The number of furan rings is 1. The lowest BCUT2D eigenvalue weighted by atomic mass is 10.2. The van der Waals surface area contributed by atoms with Crippen molar-refractivity contribution < 1.29 is 9.21 Å². The van der Waals surface area contributed by atoms with Gasteiger partial charge in [0.1, 0.15) is 17.2 Å². The molecule has 1 N–H and O–H groups in total. The van der Waals surface area contributed by atoms with Crippen molar-refractivity contribution in [3.63, 3.8) is 0 Å². The molecule has 0 radical (unpaired) electrons. The fraction of sp³-hybridized carbons (Fsp3) is 0.0588. The molecule has 0 spiro atoms. The number of amides is 1. The van der Waals surface area contributed by atoms with Gasteiger partial charge in [0.15, 0.2) is 5.11 Å². The topological polar surface area (TPSA) is 45.5 Å². The van der Waals surface area contributed by atoms with Crippen LogP contribution in [0.1, 0.15) is 5.76 Å². The van der Waals surface area contributed by atoms with Crippen LogP contribution in [0.5, 0.6) is 0 Å². The molecule has 116 valence electrons. The molecule has 0 unspecified atom stereocenters. The first-order valence-corrected chi connectivity index (χ1v) is 7.69. The number of carbonyl (C=O) groups is 1. The number of halogens is 1. The minimum atomic E-state index is -0.203. The Labute approximate surface area is 144 Å². The normalized spacial score (nSPS) is 16.0. The summed E-state index contributed by atoms with van der Waals surface area (Å²) in [7, 11) is 0. The second-order valence-corrected chi connectivity index (χ2v) is 5.67. The molecule has 0 aliphatic carbocycles. The molecule has 1 amide bonds. The number of carbonyl (C=O) groups excluding carboxylic acids is 1. The average Bonchev–Trinajstić information content (AvgIpc) is 3.09. The molecule has 0 saturated carbocycles. The first-order valence-electron chi connectivity index (χ1n) is 6.90. The van der Waals surface area contributed by atoms with Gasteiger partial charge in [0.2, 0.25) is 0 Å². The monoisotopic (exact) mass is 344 g/mol. The molecule has 4 nitrogen and oxygen atoms in total. The number of rotatable bonds is 4. The first-order chi connectivity index (χ1) is 11.1. The molecule has 1 aromatic heterocycles. The van der Waals surface area contributed by atoms with Gasteiger partial charge < -0.3 is 9.73 Å². The Bertz CT molecular complexity index is 826. The van der Waals surface area contributed by atoms with Gasteiger partial charge in [-0.3, -0.25) is 9.69 Å². The van der Waals surface area contributed by atoms with E-state index in [0.717, 1.165) is 5.56 Å². The predicted molar refractivity (Wildman–Crippen MR) is 94.8 cm³/mol. The van der Waals surface area contributed by atoms with Crippen molar-refractivity contribution in [1.82, 2.24) is 10.2 Å². The van der Waals surface area contributed by atoms with Gasteiger partial charge in [-0.2, -0.15) is 0 Å². The average molecular weight is 345 g/mol. The molecule has 3 rings (SSSR count). The number of thiocarbonyl (C=S) groups is 1. The summed E-state index contributed by atoms with van der Waals surface area (Å²) in [5.41, 5.74) is 1.17. The van der Waals surface area contributed by atoms with Gasteiger partial charge in [0.25, 0.3) is 5.91 Å². The van der Waals surface area contributed by atoms with Crippen LogP contribution in [-0.4, -0.2) is 22.5 Å². The van der Waals surface area contributed by atoms with Crippen LogP contribution in [0, 0.1) is 0 Å². The van der Waals surface area contributed by atoms with Crippen LogP contribution in [0.25, 0.3) is 17.4 Å². The van der Waals surface area contributed by atoms with Crippen molar-refractivity contribution in [2.24, 2.45) is 0 Å². The van der Waals surface area contributed by atoms with Gasteiger partial charge in [0.05, 0.1) is 5.02 Å². The van der Waals surface area contributed by atoms with Gasteiger partial charge in [-0.1, -0.05) is 29.8 Å². The maximum Gasteiger partial charge on any atom is 0.276 e. The van der Waals surface area contributed by atoms with E-state index in [9.17, 15) is 4.79 Å². The number of hydrogen-bond donors (Lipinski definition) is 1. The standard InChI is InChI=1S/C17H13ClN2O2S/c1-2-9-20-16(21)14(19-17(20)23)10-11-7-8-15(22-11)12-5-3-4-6-13(12)18/h2-8,10H,1,9H2,(H,19,23). The molecule has 1 saturated heterocycles. The second-order valence-electron chi connectivity index (χ2n) is 4.87. The lowest BCUT2D eigenvalue weighted by Gasteiger charge is -2.09. The maximum absolute atomic E-state index is 12.2. The Morgan fingerprint density at radius 1 is 1.30 bits per heavy atom. The van der Waals surface area contributed by atoms with Gasteiger partial charge in [-0.15, -0.1) is 6.58 Å². The minimum Gasteiger partial charge on any atom is -0.457 e. The van der Waals surface area contributed by atoms with Crippen LogP contribution in [0.4, 0.5) is 0 Å². The van der Waals surface area contributed by atoms with E-state index in [0.29, 0.717) is 33.9 Å². The molecule has 1 aliphatic heterocycles. The van der Waals surface area contributed by atoms with E-state index < -0.39 is 0 Å². The number of nitrogens with zero attached hydrogens (tertiary/aromatic N) is 1. The quantitative estimate of drug-likeness (QED) is 0.520. The molecule has 1 aliphatic rings. The summed E-state index contributed by atoms with van der Waals surface area (Å²) in [6.07, 6.45) is 3.25. The summed E-state index contributed by atoms with van der Waals surface area (Å²) < 4.78 is 5.76. The van der Waals surface area contributed by atoms with E-state index in [4.69, 9.17) is 28.2 Å². The van der Waals surface area contributed by atoms with Crippen molar-refractivity contribution >= 4 is 40.9 Å². The van der Waals surface area contributed by atoms with Crippen LogP contribution >= 0.6 is 23.8 Å². The number of benzene rings is 1. The summed E-state index contributed by atoms with van der Waals surface area (Å²) in [6.45, 7) is 3.98. The Balaban J connectivity index is 1.87. The zero-order valence-corrected chi connectivity index (χ0v) is 13.7. The largest absolute Gasteiger partial charge is 0.457 e. The second kappa shape index (κ2) is 6.40. The van der Waals surface area contributed by atoms with E-state index in [1.165, 1.54) is 4.90 Å². The highest BCUT2D eigenvalue weighted by atomic mass is 35.5.